The van der Waals surface area contributed by atoms with E-state index < -0.39 is 0 Å². The third-order valence-electron chi connectivity index (χ3n) is 2.96. The van der Waals surface area contributed by atoms with Gasteiger partial charge in [-0.05, 0) is 38.3 Å². The van der Waals surface area contributed by atoms with Crippen LogP contribution in [0.3, 0.4) is 0 Å². The second-order valence-corrected chi connectivity index (χ2v) is 6.45. The van der Waals surface area contributed by atoms with Gasteiger partial charge in [-0.15, -0.1) is 11.3 Å². The summed E-state index contributed by atoms with van der Waals surface area (Å²) in [5.74, 6) is -0.226. The molecule has 1 amide bonds. The molecule has 0 spiro atoms. The minimum Gasteiger partial charge on any atom is -0.352 e. The molecule has 112 valence electrons. The molecule has 0 fully saturated rings. The molecule has 1 heterocycles. The first-order chi connectivity index (χ1) is 10.1. The van der Waals surface area contributed by atoms with Gasteiger partial charge in [-0.2, -0.15) is 0 Å². The first kappa shape index (κ1) is 16.3. The van der Waals surface area contributed by atoms with Crippen LogP contribution in [0.1, 0.15) is 33.9 Å². The van der Waals surface area contributed by atoms with Crippen molar-refractivity contribution in [3.8, 4) is 0 Å². The van der Waals surface area contributed by atoms with Crippen molar-refractivity contribution in [2.75, 3.05) is 6.54 Å². The molecular formula is C15H16Cl2N2OS. The number of halogens is 2. The summed E-state index contributed by atoms with van der Waals surface area (Å²) in [4.78, 5) is 16.4. The molecule has 0 aliphatic carbocycles. The average molecular weight is 343 g/mol. The number of hydrogen-bond acceptors (Lipinski definition) is 3. The first-order valence-electron chi connectivity index (χ1n) is 6.71. The highest BCUT2D eigenvalue weighted by molar-refractivity contribution is 7.09. The number of nitrogens with zero attached hydrogens (tertiary/aromatic N) is 1. The van der Waals surface area contributed by atoms with Crippen molar-refractivity contribution < 1.29 is 4.79 Å². The lowest BCUT2D eigenvalue weighted by Gasteiger charge is -2.08. The molecular weight excluding hydrogens is 327 g/mol. The fourth-order valence-corrected chi connectivity index (χ4v) is 3.31. The molecule has 1 aromatic carbocycles. The van der Waals surface area contributed by atoms with E-state index in [-0.39, 0.29) is 5.91 Å². The quantitative estimate of drug-likeness (QED) is 0.784. The van der Waals surface area contributed by atoms with E-state index in [0.29, 0.717) is 22.2 Å². The number of unbranched alkanes of at least 4 members (excludes halogenated alkanes) is 1. The number of aryl methyl sites for hydroxylation is 2. The topological polar surface area (TPSA) is 42.0 Å². The number of aromatic nitrogens is 1. The predicted molar refractivity (Wildman–Crippen MR) is 88.6 cm³/mol. The van der Waals surface area contributed by atoms with E-state index in [4.69, 9.17) is 23.2 Å². The second-order valence-electron chi connectivity index (χ2n) is 4.69. The lowest BCUT2D eigenvalue weighted by atomic mass is 10.2. The van der Waals surface area contributed by atoms with Crippen molar-refractivity contribution in [2.24, 2.45) is 0 Å². The monoisotopic (exact) mass is 342 g/mol. The first-order valence-corrected chi connectivity index (χ1v) is 8.34. The van der Waals surface area contributed by atoms with Crippen LogP contribution < -0.4 is 5.32 Å². The zero-order chi connectivity index (χ0) is 15.2. The summed E-state index contributed by atoms with van der Waals surface area (Å²) in [7, 11) is 0. The Morgan fingerprint density at radius 3 is 2.62 bits per heavy atom. The minimum absolute atomic E-state index is 0.226. The van der Waals surface area contributed by atoms with Gasteiger partial charge >= 0.3 is 0 Å². The lowest BCUT2D eigenvalue weighted by Crippen LogP contribution is -2.25. The fraction of sp³-hybridized carbons (Fsp3) is 0.333. The molecule has 0 saturated carbocycles. The van der Waals surface area contributed by atoms with Crippen molar-refractivity contribution in [1.29, 1.82) is 0 Å². The van der Waals surface area contributed by atoms with Crippen molar-refractivity contribution in [3.63, 3.8) is 0 Å². The Morgan fingerprint density at radius 2 is 2.00 bits per heavy atom. The maximum atomic E-state index is 12.0. The fourth-order valence-electron chi connectivity index (χ4n) is 1.92. The van der Waals surface area contributed by atoms with E-state index in [9.17, 15) is 4.79 Å². The number of carbonyl (C=O) groups excluding carboxylic acids is 1. The molecule has 0 unspecified atom stereocenters. The van der Waals surface area contributed by atoms with E-state index in [1.165, 1.54) is 0 Å². The summed E-state index contributed by atoms with van der Waals surface area (Å²) >= 11 is 13.7. The molecule has 1 N–H and O–H groups in total. The van der Waals surface area contributed by atoms with Crippen LogP contribution in [-0.4, -0.2) is 17.4 Å². The Balaban J connectivity index is 1.74. The number of carbonyl (C=O) groups is 1. The summed E-state index contributed by atoms with van der Waals surface area (Å²) in [6.45, 7) is 2.60. The molecule has 2 rings (SSSR count). The Labute approximate surface area is 138 Å². The van der Waals surface area contributed by atoms with Gasteiger partial charge in [0, 0.05) is 17.6 Å². The summed E-state index contributed by atoms with van der Waals surface area (Å²) in [5, 5.41) is 6.79. The SMILES string of the molecule is Cc1csc(CCCCNC(=O)c2c(Cl)cccc2Cl)n1. The maximum absolute atomic E-state index is 12.0. The van der Waals surface area contributed by atoms with E-state index in [2.05, 4.69) is 15.7 Å². The van der Waals surface area contributed by atoms with Gasteiger partial charge in [-0.1, -0.05) is 29.3 Å². The molecule has 0 radical (unpaired) electrons. The summed E-state index contributed by atoms with van der Waals surface area (Å²) in [6.07, 6.45) is 2.83. The molecule has 0 atom stereocenters. The van der Waals surface area contributed by atoms with Gasteiger partial charge in [-0.25, -0.2) is 4.98 Å². The van der Waals surface area contributed by atoms with Gasteiger partial charge in [0.05, 0.1) is 20.6 Å². The van der Waals surface area contributed by atoms with Crippen molar-refractivity contribution in [2.45, 2.75) is 26.2 Å². The summed E-state index contributed by atoms with van der Waals surface area (Å²) < 4.78 is 0. The highest BCUT2D eigenvalue weighted by atomic mass is 35.5. The molecule has 21 heavy (non-hydrogen) atoms. The molecule has 0 aliphatic heterocycles. The number of amides is 1. The molecule has 0 saturated heterocycles. The average Bonchev–Trinajstić information content (AvgIpc) is 2.84. The van der Waals surface area contributed by atoms with Crippen LogP contribution >= 0.6 is 34.5 Å². The normalized spacial score (nSPS) is 10.6. The number of nitrogens with one attached hydrogen (secondary N) is 1. The van der Waals surface area contributed by atoms with Crippen LogP contribution in [0.15, 0.2) is 23.6 Å². The van der Waals surface area contributed by atoms with Gasteiger partial charge in [0.25, 0.3) is 5.91 Å². The lowest BCUT2D eigenvalue weighted by molar-refractivity contribution is 0.0953. The highest BCUT2D eigenvalue weighted by Gasteiger charge is 2.13. The number of hydrogen-bond donors (Lipinski definition) is 1. The van der Waals surface area contributed by atoms with Crippen LogP contribution in [0, 0.1) is 6.92 Å². The smallest absolute Gasteiger partial charge is 0.254 e. The van der Waals surface area contributed by atoms with Gasteiger partial charge in [-0.3, -0.25) is 4.79 Å². The zero-order valence-electron chi connectivity index (χ0n) is 11.7. The Hall–Kier alpha value is -1.10. The third kappa shape index (κ3) is 4.70. The maximum Gasteiger partial charge on any atom is 0.254 e. The number of rotatable bonds is 6. The van der Waals surface area contributed by atoms with Crippen LogP contribution in [0.5, 0.6) is 0 Å². The summed E-state index contributed by atoms with van der Waals surface area (Å²) in [5.41, 5.74) is 1.41. The predicted octanol–water partition coefficient (Wildman–Crippen LogP) is 4.51. The molecule has 2 aromatic rings. The van der Waals surface area contributed by atoms with Crippen LogP contribution in [-0.2, 0) is 6.42 Å². The van der Waals surface area contributed by atoms with Crippen molar-refractivity contribution >= 4 is 40.4 Å². The number of thiazole rings is 1. The number of benzene rings is 1. The largest absolute Gasteiger partial charge is 0.352 e. The van der Waals surface area contributed by atoms with Crippen molar-refractivity contribution in [1.82, 2.24) is 10.3 Å². The van der Waals surface area contributed by atoms with Gasteiger partial charge in [0.2, 0.25) is 0 Å². The minimum atomic E-state index is -0.226. The zero-order valence-corrected chi connectivity index (χ0v) is 14.0. The third-order valence-corrected chi connectivity index (χ3v) is 4.62. The Kier molecular flexibility index (Phi) is 6.03. The highest BCUT2D eigenvalue weighted by Crippen LogP contribution is 2.23. The summed E-state index contributed by atoms with van der Waals surface area (Å²) in [6, 6.07) is 5.04. The van der Waals surface area contributed by atoms with Crippen LogP contribution in [0.2, 0.25) is 10.0 Å². The van der Waals surface area contributed by atoms with E-state index in [1.54, 1.807) is 29.5 Å². The second kappa shape index (κ2) is 7.78. The van der Waals surface area contributed by atoms with Gasteiger partial charge in [0.1, 0.15) is 0 Å². The molecule has 0 aliphatic rings. The molecule has 1 aromatic heterocycles. The molecule has 0 bridgehead atoms. The van der Waals surface area contributed by atoms with Crippen molar-refractivity contribution in [3.05, 3.63) is 49.9 Å². The van der Waals surface area contributed by atoms with E-state index in [0.717, 1.165) is 30.0 Å². The van der Waals surface area contributed by atoms with E-state index >= 15 is 0 Å². The Morgan fingerprint density at radius 1 is 1.29 bits per heavy atom. The van der Waals surface area contributed by atoms with Crippen LogP contribution in [0.4, 0.5) is 0 Å². The molecule has 3 nitrogen and oxygen atoms in total. The van der Waals surface area contributed by atoms with Crippen LogP contribution in [0.25, 0.3) is 0 Å². The molecule has 6 heteroatoms. The standard InChI is InChI=1S/C15H16Cl2N2OS/c1-10-9-21-13(19-10)7-2-3-8-18-15(20)14-11(16)5-4-6-12(14)17/h4-6,9H,2-3,7-8H2,1H3,(H,18,20). The van der Waals surface area contributed by atoms with E-state index in [1.807, 2.05) is 6.92 Å². The van der Waals surface area contributed by atoms with Gasteiger partial charge in [0.15, 0.2) is 0 Å². The Bertz CT molecular complexity index is 608. The van der Waals surface area contributed by atoms with Gasteiger partial charge < -0.3 is 5.32 Å².